The molecule has 4 heteroatoms. The smallest absolute Gasteiger partial charge is 0.110 e. The lowest BCUT2D eigenvalue weighted by molar-refractivity contribution is -0.00000372. The quantitative estimate of drug-likeness (QED) is 0.823. The summed E-state index contributed by atoms with van der Waals surface area (Å²) in [6, 6.07) is 8.26. The second-order valence-corrected chi connectivity index (χ2v) is 5.84. The first-order valence-electron chi connectivity index (χ1n) is 5.85. The molecule has 0 spiro atoms. The third-order valence-corrected chi connectivity index (χ3v) is 2.90. The Morgan fingerprint density at radius 3 is 2.67 bits per heavy atom. The van der Waals surface area contributed by atoms with Gasteiger partial charge >= 0.3 is 0 Å². The Kier molecular flexibility index (Phi) is 5.42. The van der Waals surface area contributed by atoms with Gasteiger partial charge in [-0.1, -0.05) is 48.5 Å². The zero-order chi connectivity index (χ0) is 12.4. The topological polar surface area (TPSA) is 17.8 Å². The summed E-state index contributed by atoms with van der Waals surface area (Å²) in [7, 11) is 0. The van der Waals surface area contributed by atoms with Crippen LogP contribution in [0.25, 0.3) is 11.0 Å². The van der Waals surface area contributed by atoms with Gasteiger partial charge in [-0.15, -0.1) is 0 Å². The number of para-hydroxylation sites is 2. The van der Waals surface area contributed by atoms with Gasteiger partial charge in [0.15, 0.2) is 0 Å². The van der Waals surface area contributed by atoms with E-state index in [1.54, 1.807) is 0 Å². The Morgan fingerprint density at radius 1 is 1.39 bits per heavy atom. The van der Waals surface area contributed by atoms with Crippen molar-refractivity contribution in [3.63, 3.8) is 0 Å². The molecule has 2 aromatic rings. The molecule has 0 atom stereocenters. The van der Waals surface area contributed by atoms with Crippen molar-refractivity contribution in [3.05, 3.63) is 41.2 Å². The average Bonchev–Trinajstić information content (AvgIpc) is 2.55. The number of hydrogen-bond acceptors (Lipinski definition) is 1. The molecular formula is C14H17BrClN2-. The van der Waals surface area contributed by atoms with Gasteiger partial charge in [-0.2, -0.15) is 0 Å². The van der Waals surface area contributed by atoms with Crippen molar-refractivity contribution in [2.24, 2.45) is 5.92 Å². The molecule has 0 unspecified atom stereocenters. The lowest BCUT2D eigenvalue weighted by Gasteiger charge is -2.09. The zero-order valence-electron chi connectivity index (χ0n) is 10.7. The molecule has 1 aromatic heterocycles. The molecule has 0 saturated heterocycles. The number of nitrogens with zero attached hydrogens (tertiary/aromatic N) is 2. The standard InChI is InChI=1S/C14H17BrN2.ClH/c1-10(2)8-14-16-12-6-4-5-7-13(12)17(14)9-11(3)15;/h4-7,10H,3,8-9H2,1-2H3;1H/p-1. The molecule has 0 saturated carbocycles. The fraction of sp³-hybridized carbons (Fsp3) is 0.357. The predicted molar refractivity (Wildman–Crippen MR) is 76.3 cm³/mol. The van der Waals surface area contributed by atoms with Gasteiger partial charge in [0, 0.05) is 10.9 Å². The minimum Gasteiger partial charge on any atom is -1.00 e. The van der Waals surface area contributed by atoms with Crippen LogP contribution in [0, 0.1) is 5.92 Å². The largest absolute Gasteiger partial charge is 1.00 e. The Balaban J connectivity index is 0.00000162. The summed E-state index contributed by atoms with van der Waals surface area (Å²) in [6.45, 7) is 9.14. The van der Waals surface area contributed by atoms with Gasteiger partial charge < -0.3 is 17.0 Å². The van der Waals surface area contributed by atoms with Crippen LogP contribution in [0.1, 0.15) is 19.7 Å². The molecule has 1 aromatic carbocycles. The number of hydrogen-bond donors (Lipinski definition) is 0. The fourth-order valence-electron chi connectivity index (χ4n) is 1.99. The van der Waals surface area contributed by atoms with Crippen LogP contribution in [-0.4, -0.2) is 9.55 Å². The van der Waals surface area contributed by atoms with Crippen molar-refractivity contribution >= 4 is 27.0 Å². The van der Waals surface area contributed by atoms with Crippen LogP contribution >= 0.6 is 15.9 Å². The highest BCUT2D eigenvalue weighted by atomic mass is 79.9. The van der Waals surface area contributed by atoms with E-state index in [2.05, 4.69) is 59.1 Å². The number of benzene rings is 1. The monoisotopic (exact) mass is 327 g/mol. The summed E-state index contributed by atoms with van der Waals surface area (Å²) < 4.78 is 3.22. The molecule has 0 bridgehead atoms. The van der Waals surface area contributed by atoms with Crippen molar-refractivity contribution < 1.29 is 12.4 Å². The summed E-state index contributed by atoms with van der Waals surface area (Å²) >= 11 is 3.44. The van der Waals surface area contributed by atoms with E-state index in [1.807, 2.05) is 6.07 Å². The number of halogens is 2. The second-order valence-electron chi connectivity index (χ2n) is 4.72. The minimum atomic E-state index is 0. The molecule has 2 nitrogen and oxygen atoms in total. The molecule has 1 heterocycles. The fourth-order valence-corrected chi connectivity index (χ4v) is 2.25. The first-order chi connectivity index (χ1) is 8.08. The van der Waals surface area contributed by atoms with Crippen LogP contribution in [0.3, 0.4) is 0 Å². The second kappa shape index (κ2) is 6.39. The molecule has 0 N–H and O–H groups in total. The molecule has 0 radical (unpaired) electrons. The van der Waals surface area contributed by atoms with Crippen LogP contribution in [-0.2, 0) is 13.0 Å². The third-order valence-electron chi connectivity index (χ3n) is 2.65. The molecule has 0 aliphatic rings. The maximum atomic E-state index is 4.71. The van der Waals surface area contributed by atoms with Gasteiger partial charge in [0.05, 0.1) is 17.6 Å². The van der Waals surface area contributed by atoms with Crippen LogP contribution in [0.5, 0.6) is 0 Å². The van der Waals surface area contributed by atoms with Crippen molar-refractivity contribution in [1.82, 2.24) is 9.55 Å². The van der Waals surface area contributed by atoms with Crippen molar-refractivity contribution in [2.45, 2.75) is 26.8 Å². The van der Waals surface area contributed by atoms with Crippen LogP contribution in [0.15, 0.2) is 35.3 Å². The maximum Gasteiger partial charge on any atom is 0.110 e. The molecule has 0 aliphatic heterocycles. The van der Waals surface area contributed by atoms with Crippen molar-refractivity contribution in [1.29, 1.82) is 0 Å². The van der Waals surface area contributed by atoms with Gasteiger partial charge in [0.1, 0.15) is 5.82 Å². The van der Waals surface area contributed by atoms with Gasteiger partial charge in [0.25, 0.3) is 0 Å². The van der Waals surface area contributed by atoms with Gasteiger partial charge in [-0.3, -0.25) is 0 Å². The number of aromatic nitrogens is 2. The summed E-state index contributed by atoms with van der Waals surface area (Å²) in [6.07, 6.45) is 0.995. The van der Waals surface area contributed by atoms with E-state index in [0.29, 0.717) is 5.92 Å². The van der Waals surface area contributed by atoms with E-state index in [9.17, 15) is 0 Å². The normalized spacial score (nSPS) is 10.7. The summed E-state index contributed by atoms with van der Waals surface area (Å²) in [5.41, 5.74) is 2.25. The van der Waals surface area contributed by atoms with E-state index in [0.717, 1.165) is 28.8 Å². The lowest BCUT2D eigenvalue weighted by atomic mass is 10.1. The van der Waals surface area contributed by atoms with Gasteiger partial charge in [0.2, 0.25) is 0 Å². The Bertz CT molecular complexity index is 546. The molecule has 2 rings (SSSR count). The summed E-state index contributed by atoms with van der Waals surface area (Å²) in [5.74, 6) is 1.75. The van der Waals surface area contributed by atoms with Crippen LogP contribution < -0.4 is 12.4 Å². The first kappa shape index (κ1) is 15.3. The first-order valence-corrected chi connectivity index (χ1v) is 6.64. The molecule has 0 fully saturated rings. The number of rotatable bonds is 4. The highest BCUT2D eigenvalue weighted by Gasteiger charge is 2.11. The van der Waals surface area contributed by atoms with Crippen LogP contribution in [0.2, 0.25) is 0 Å². The van der Waals surface area contributed by atoms with Gasteiger partial charge in [-0.05, 0) is 18.1 Å². The molecule has 0 amide bonds. The number of allylic oxidation sites excluding steroid dienone is 1. The third kappa shape index (κ3) is 3.36. The molecule has 0 aliphatic carbocycles. The molecule has 18 heavy (non-hydrogen) atoms. The van der Waals surface area contributed by atoms with E-state index in [-0.39, 0.29) is 12.4 Å². The highest BCUT2D eigenvalue weighted by Crippen LogP contribution is 2.20. The zero-order valence-corrected chi connectivity index (χ0v) is 13.0. The van der Waals surface area contributed by atoms with E-state index in [1.165, 1.54) is 5.52 Å². The summed E-state index contributed by atoms with van der Waals surface area (Å²) in [4.78, 5) is 4.71. The van der Waals surface area contributed by atoms with E-state index >= 15 is 0 Å². The van der Waals surface area contributed by atoms with Crippen molar-refractivity contribution in [3.8, 4) is 0 Å². The number of fused-ring (bicyclic) bond motifs is 1. The van der Waals surface area contributed by atoms with Gasteiger partial charge in [-0.25, -0.2) is 4.98 Å². The predicted octanol–water partition coefficient (Wildman–Crippen LogP) is 1.15. The maximum absolute atomic E-state index is 4.71. The Hall–Kier alpha value is -0.800. The SMILES string of the molecule is C=C(Br)Cn1c(CC(C)C)nc2ccccc21.[Cl-]. The van der Waals surface area contributed by atoms with Crippen molar-refractivity contribution in [2.75, 3.05) is 0 Å². The minimum absolute atomic E-state index is 0. The lowest BCUT2D eigenvalue weighted by Crippen LogP contribution is -3.00. The molecular weight excluding hydrogens is 312 g/mol. The highest BCUT2D eigenvalue weighted by molar-refractivity contribution is 9.11. The Morgan fingerprint density at radius 2 is 2.06 bits per heavy atom. The molecule has 98 valence electrons. The van der Waals surface area contributed by atoms with E-state index in [4.69, 9.17) is 4.98 Å². The summed E-state index contributed by atoms with van der Waals surface area (Å²) in [5, 5.41) is 0. The number of imidazole rings is 1. The van der Waals surface area contributed by atoms with E-state index < -0.39 is 0 Å². The average molecular weight is 329 g/mol. The van der Waals surface area contributed by atoms with Crippen LogP contribution in [0.4, 0.5) is 0 Å². The Labute approximate surface area is 123 Å².